The molecule has 1 N–H and O–H groups in total. The first-order valence-electron chi connectivity index (χ1n) is 5.82. The minimum Gasteiger partial charge on any atom is -0.321 e. The summed E-state index contributed by atoms with van der Waals surface area (Å²) in [5.41, 5.74) is 3.50. The van der Waals surface area contributed by atoms with Gasteiger partial charge in [-0.1, -0.05) is 18.2 Å². The Morgan fingerprint density at radius 3 is 2.47 bits per heavy atom. The molecule has 0 radical (unpaired) electrons. The highest BCUT2D eigenvalue weighted by Gasteiger charge is 2.08. The molecule has 19 heavy (non-hydrogen) atoms. The monoisotopic (exact) mass is 337 g/mol. The number of benzene rings is 2. The largest absolute Gasteiger partial charge is 0.321 e. The van der Waals surface area contributed by atoms with Crippen molar-refractivity contribution in [3.05, 3.63) is 63.6 Å². The van der Waals surface area contributed by atoms with E-state index in [9.17, 15) is 4.79 Å². The average Bonchev–Trinajstić information content (AvgIpc) is 2.42. The van der Waals surface area contributed by atoms with E-state index in [2.05, 4.69) is 21.2 Å². The Bertz CT molecular complexity index is 596. The van der Waals surface area contributed by atoms with Crippen molar-refractivity contribution in [1.29, 1.82) is 0 Å². The molecule has 0 aliphatic carbocycles. The fraction of sp³-hybridized carbons (Fsp3) is 0.133. The van der Waals surface area contributed by atoms with Gasteiger partial charge in [-0.05, 0) is 58.2 Å². The van der Waals surface area contributed by atoms with E-state index < -0.39 is 0 Å². The van der Waals surface area contributed by atoms with Crippen LogP contribution < -0.4 is 5.32 Å². The van der Waals surface area contributed by atoms with E-state index in [0.717, 1.165) is 21.3 Å². The standard InChI is InChI=1S/C15H13BrClNO/c1-10-2-7-14(13(16)8-10)18-15(19)12-5-3-11(9-17)4-6-12/h2-8H,9H2,1H3,(H,18,19). The summed E-state index contributed by atoms with van der Waals surface area (Å²) in [5, 5.41) is 2.87. The van der Waals surface area contributed by atoms with Crippen LogP contribution in [0, 0.1) is 6.92 Å². The molecule has 2 aromatic carbocycles. The molecule has 0 fully saturated rings. The lowest BCUT2D eigenvalue weighted by Gasteiger charge is -2.08. The van der Waals surface area contributed by atoms with Crippen molar-refractivity contribution >= 4 is 39.1 Å². The summed E-state index contributed by atoms with van der Waals surface area (Å²) in [5.74, 6) is 0.316. The van der Waals surface area contributed by atoms with Crippen molar-refractivity contribution in [3.63, 3.8) is 0 Å². The number of amides is 1. The van der Waals surface area contributed by atoms with Crippen LogP contribution in [-0.4, -0.2) is 5.91 Å². The molecule has 0 bridgehead atoms. The van der Waals surface area contributed by atoms with E-state index in [1.54, 1.807) is 12.1 Å². The average molecular weight is 339 g/mol. The van der Waals surface area contributed by atoms with Crippen molar-refractivity contribution in [1.82, 2.24) is 0 Å². The van der Waals surface area contributed by atoms with Crippen LogP contribution in [0.5, 0.6) is 0 Å². The number of hydrogen-bond acceptors (Lipinski definition) is 1. The maximum Gasteiger partial charge on any atom is 0.255 e. The van der Waals surface area contributed by atoms with Crippen LogP contribution >= 0.6 is 27.5 Å². The van der Waals surface area contributed by atoms with Gasteiger partial charge in [0.2, 0.25) is 0 Å². The molecule has 2 aromatic rings. The Kier molecular flexibility index (Phi) is 4.61. The second kappa shape index (κ2) is 6.22. The molecule has 4 heteroatoms. The zero-order chi connectivity index (χ0) is 13.8. The summed E-state index contributed by atoms with van der Waals surface area (Å²) in [4.78, 5) is 12.1. The maximum absolute atomic E-state index is 12.1. The van der Waals surface area contributed by atoms with E-state index >= 15 is 0 Å². The first kappa shape index (κ1) is 14.1. The highest BCUT2D eigenvalue weighted by molar-refractivity contribution is 9.10. The molecule has 0 aliphatic heterocycles. The van der Waals surface area contributed by atoms with Crippen LogP contribution in [0.4, 0.5) is 5.69 Å². The molecule has 0 heterocycles. The number of alkyl halides is 1. The van der Waals surface area contributed by atoms with Gasteiger partial charge < -0.3 is 5.32 Å². The summed E-state index contributed by atoms with van der Waals surface area (Å²) in [6.45, 7) is 2.00. The molecule has 0 aliphatic rings. The zero-order valence-electron chi connectivity index (χ0n) is 10.4. The lowest BCUT2D eigenvalue weighted by Crippen LogP contribution is -2.12. The van der Waals surface area contributed by atoms with Gasteiger partial charge in [-0.15, -0.1) is 11.6 Å². The van der Waals surface area contributed by atoms with Gasteiger partial charge in [0.05, 0.1) is 5.69 Å². The Morgan fingerprint density at radius 2 is 1.89 bits per heavy atom. The van der Waals surface area contributed by atoms with Gasteiger partial charge in [-0.3, -0.25) is 4.79 Å². The molecule has 2 nitrogen and oxygen atoms in total. The number of aryl methyl sites for hydroxylation is 1. The maximum atomic E-state index is 12.1. The minimum absolute atomic E-state index is 0.134. The van der Waals surface area contributed by atoms with Crippen LogP contribution in [0.25, 0.3) is 0 Å². The predicted molar refractivity (Wildman–Crippen MR) is 82.8 cm³/mol. The molecule has 0 saturated heterocycles. The van der Waals surface area contributed by atoms with Crippen LogP contribution in [0.15, 0.2) is 46.9 Å². The number of nitrogens with one attached hydrogen (secondary N) is 1. The summed E-state index contributed by atoms with van der Waals surface area (Å²) in [6.07, 6.45) is 0. The number of rotatable bonds is 3. The first-order valence-corrected chi connectivity index (χ1v) is 7.15. The third kappa shape index (κ3) is 3.58. The highest BCUT2D eigenvalue weighted by Crippen LogP contribution is 2.24. The van der Waals surface area contributed by atoms with E-state index in [4.69, 9.17) is 11.6 Å². The predicted octanol–water partition coefficient (Wildman–Crippen LogP) is 4.75. The van der Waals surface area contributed by atoms with Gasteiger partial charge in [0, 0.05) is 15.9 Å². The smallest absolute Gasteiger partial charge is 0.255 e. The van der Waals surface area contributed by atoms with E-state index in [0.29, 0.717) is 11.4 Å². The minimum atomic E-state index is -0.134. The molecular formula is C15H13BrClNO. The van der Waals surface area contributed by atoms with Crippen LogP contribution in [0.2, 0.25) is 0 Å². The molecule has 2 rings (SSSR count). The molecule has 98 valence electrons. The normalized spacial score (nSPS) is 10.3. The Hall–Kier alpha value is -1.32. The van der Waals surface area contributed by atoms with Gasteiger partial charge >= 0.3 is 0 Å². The quantitative estimate of drug-likeness (QED) is 0.804. The van der Waals surface area contributed by atoms with Gasteiger partial charge in [-0.2, -0.15) is 0 Å². The fourth-order valence-electron chi connectivity index (χ4n) is 1.66. The SMILES string of the molecule is Cc1ccc(NC(=O)c2ccc(CCl)cc2)c(Br)c1. The lowest BCUT2D eigenvalue weighted by molar-refractivity contribution is 0.102. The first-order chi connectivity index (χ1) is 9.10. The van der Waals surface area contributed by atoms with Crippen molar-refractivity contribution in [2.45, 2.75) is 12.8 Å². The van der Waals surface area contributed by atoms with Gasteiger partial charge in [0.15, 0.2) is 0 Å². The van der Waals surface area contributed by atoms with Crippen LogP contribution in [0.1, 0.15) is 21.5 Å². The van der Waals surface area contributed by atoms with Crippen molar-refractivity contribution in [2.75, 3.05) is 5.32 Å². The molecule has 0 saturated carbocycles. The molecular weight excluding hydrogens is 326 g/mol. The number of carbonyl (C=O) groups is 1. The van der Waals surface area contributed by atoms with Crippen molar-refractivity contribution in [3.8, 4) is 0 Å². The summed E-state index contributed by atoms with van der Waals surface area (Å²) >= 11 is 9.16. The van der Waals surface area contributed by atoms with Gasteiger partial charge in [0.1, 0.15) is 0 Å². The molecule has 0 atom stereocenters. The second-order valence-electron chi connectivity index (χ2n) is 4.27. The van der Waals surface area contributed by atoms with Crippen molar-refractivity contribution < 1.29 is 4.79 Å². The van der Waals surface area contributed by atoms with Crippen molar-refractivity contribution in [2.24, 2.45) is 0 Å². The molecule has 0 aromatic heterocycles. The number of anilines is 1. The number of carbonyl (C=O) groups excluding carboxylic acids is 1. The summed E-state index contributed by atoms with van der Waals surface area (Å²) in [6, 6.07) is 13.1. The highest BCUT2D eigenvalue weighted by atomic mass is 79.9. The Balaban J connectivity index is 2.15. The number of halogens is 2. The molecule has 0 unspecified atom stereocenters. The fourth-order valence-corrected chi connectivity index (χ4v) is 2.43. The molecule has 0 spiro atoms. The van der Waals surface area contributed by atoms with Gasteiger partial charge in [-0.25, -0.2) is 0 Å². The number of hydrogen-bond donors (Lipinski definition) is 1. The Labute approximate surface area is 125 Å². The van der Waals surface area contributed by atoms with E-state index in [1.807, 2.05) is 37.3 Å². The third-order valence-corrected chi connectivity index (χ3v) is 3.71. The summed E-state index contributed by atoms with van der Waals surface area (Å²) < 4.78 is 0.873. The molecule has 1 amide bonds. The van der Waals surface area contributed by atoms with E-state index in [1.165, 1.54) is 0 Å². The van der Waals surface area contributed by atoms with Gasteiger partial charge in [0.25, 0.3) is 5.91 Å². The topological polar surface area (TPSA) is 29.1 Å². The third-order valence-electron chi connectivity index (χ3n) is 2.74. The van der Waals surface area contributed by atoms with Crippen LogP contribution in [0.3, 0.4) is 0 Å². The lowest BCUT2D eigenvalue weighted by atomic mass is 10.1. The van der Waals surface area contributed by atoms with E-state index in [-0.39, 0.29) is 5.91 Å². The zero-order valence-corrected chi connectivity index (χ0v) is 12.8. The summed E-state index contributed by atoms with van der Waals surface area (Å²) in [7, 11) is 0. The Morgan fingerprint density at radius 1 is 1.21 bits per heavy atom. The van der Waals surface area contributed by atoms with Crippen LogP contribution in [-0.2, 0) is 5.88 Å². The second-order valence-corrected chi connectivity index (χ2v) is 5.39.